The standard InChI is InChI=1S/C17H13NS/c1-2-6-12(7-3-1)16-17-14(10-11-18-16)13-8-4-5-9-15(13)19-17/h1-9H,10-11H2. The molecule has 0 radical (unpaired) electrons. The van der Waals surface area contributed by atoms with Gasteiger partial charge in [-0.15, -0.1) is 11.3 Å². The van der Waals surface area contributed by atoms with Crippen LogP contribution in [0.4, 0.5) is 0 Å². The highest BCUT2D eigenvalue weighted by atomic mass is 32.1. The molecule has 0 N–H and O–H groups in total. The fraction of sp³-hybridized carbons (Fsp3) is 0.118. The third-order valence-corrected chi connectivity index (χ3v) is 4.81. The molecule has 0 aliphatic carbocycles. The van der Waals surface area contributed by atoms with Crippen LogP contribution in [0.1, 0.15) is 16.0 Å². The normalized spacial score (nSPS) is 14.2. The van der Waals surface area contributed by atoms with Crippen LogP contribution in [-0.2, 0) is 6.42 Å². The summed E-state index contributed by atoms with van der Waals surface area (Å²) in [6, 6.07) is 19.2. The van der Waals surface area contributed by atoms with Gasteiger partial charge in [-0.2, -0.15) is 0 Å². The Hall–Kier alpha value is -1.93. The zero-order chi connectivity index (χ0) is 12.7. The lowest BCUT2D eigenvalue weighted by atomic mass is 9.99. The Bertz CT molecular complexity index is 768. The largest absolute Gasteiger partial charge is 0.283 e. The van der Waals surface area contributed by atoms with Crippen molar-refractivity contribution in [2.75, 3.05) is 6.54 Å². The van der Waals surface area contributed by atoms with Crippen molar-refractivity contribution >= 4 is 27.1 Å². The highest BCUT2D eigenvalue weighted by Crippen LogP contribution is 2.35. The first-order chi connectivity index (χ1) is 9.43. The molecule has 0 saturated carbocycles. The Balaban J connectivity index is 1.96. The van der Waals surface area contributed by atoms with Crippen LogP contribution in [0.25, 0.3) is 10.1 Å². The average molecular weight is 263 g/mol. The van der Waals surface area contributed by atoms with Crippen LogP contribution >= 0.6 is 11.3 Å². The van der Waals surface area contributed by atoms with Gasteiger partial charge in [0.05, 0.1) is 10.6 Å². The number of hydrogen-bond donors (Lipinski definition) is 0. The zero-order valence-corrected chi connectivity index (χ0v) is 11.3. The van der Waals surface area contributed by atoms with E-state index >= 15 is 0 Å². The summed E-state index contributed by atoms with van der Waals surface area (Å²) in [5.41, 5.74) is 3.88. The summed E-state index contributed by atoms with van der Waals surface area (Å²) in [5, 5.41) is 1.41. The van der Waals surface area contributed by atoms with Crippen LogP contribution in [0.2, 0.25) is 0 Å². The number of thiophene rings is 1. The van der Waals surface area contributed by atoms with Crippen molar-refractivity contribution in [3.8, 4) is 0 Å². The van der Waals surface area contributed by atoms with E-state index in [-0.39, 0.29) is 0 Å². The van der Waals surface area contributed by atoms with Crippen LogP contribution in [0, 0.1) is 0 Å². The molecule has 2 heterocycles. The van der Waals surface area contributed by atoms with Gasteiger partial charge >= 0.3 is 0 Å². The minimum Gasteiger partial charge on any atom is -0.283 e. The van der Waals surface area contributed by atoms with Crippen LogP contribution in [0.15, 0.2) is 59.6 Å². The van der Waals surface area contributed by atoms with Crippen molar-refractivity contribution in [1.82, 2.24) is 0 Å². The molecule has 2 aromatic carbocycles. The van der Waals surface area contributed by atoms with Crippen LogP contribution in [0.5, 0.6) is 0 Å². The van der Waals surface area contributed by atoms with Crippen molar-refractivity contribution in [1.29, 1.82) is 0 Å². The Morgan fingerprint density at radius 3 is 2.58 bits per heavy atom. The van der Waals surface area contributed by atoms with E-state index in [4.69, 9.17) is 4.99 Å². The lowest BCUT2D eigenvalue weighted by Crippen LogP contribution is -2.11. The number of nitrogens with zero attached hydrogens (tertiary/aromatic N) is 1. The average Bonchev–Trinajstić information content (AvgIpc) is 2.87. The van der Waals surface area contributed by atoms with E-state index < -0.39 is 0 Å². The summed E-state index contributed by atoms with van der Waals surface area (Å²) >= 11 is 1.87. The van der Waals surface area contributed by atoms with E-state index in [0.29, 0.717) is 0 Å². The van der Waals surface area contributed by atoms with Gasteiger partial charge in [0.25, 0.3) is 0 Å². The highest BCUT2D eigenvalue weighted by molar-refractivity contribution is 7.21. The molecule has 0 atom stereocenters. The Kier molecular flexibility index (Phi) is 2.49. The highest BCUT2D eigenvalue weighted by Gasteiger charge is 2.20. The smallest absolute Gasteiger partial charge is 0.0821 e. The lowest BCUT2D eigenvalue weighted by Gasteiger charge is -2.13. The maximum atomic E-state index is 4.76. The summed E-state index contributed by atoms with van der Waals surface area (Å²) in [4.78, 5) is 6.12. The maximum Gasteiger partial charge on any atom is 0.0821 e. The van der Waals surface area contributed by atoms with Gasteiger partial charge in [-0.1, -0.05) is 48.5 Å². The number of fused-ring (bicyclic) bond motifs is 3. The summed E-state index contributed by atoms with van der Waals surface area (Å²) in [6.07, 6.45) is 1.07. The van der Waals surface area contributed by atoms with Gasteiger partial charge in [0.2, 0.25) is 0 Å². The number of benzene rings is 2. The molecule has 0 amide bonds. The number of aliphatic imine (C=N–C) groups is 1. The molecule has 0 saturated heterocycles. The SMILES string of the molecule is c1ccc(C2=NCCc3c2sc2ccccc32)cc1. The van der Waals surface area contributed by atoms with Gasteiger partial charge in [0, 0.05) is 16.8 Å². The van der Waals surface area contributed by atoms with Crippen molar-refractivity contribution in [3.63, 3.8) is 0 Å². The van der Waals surface area contributed by atoms with E-state index in [2.05, 4.69) is 54.6 Å². The zero-order valence-electron chi connectivity index (χ0n) is 10.5. The Morgan fingerprint density at radius 2 is 1.68 bits per heavy atom. The molecule has 1 nitrogen and oxygen atoms in total. The second-order valence-corrected chi connectivity index (χ2v) is 5.80. The monoisotopic (exact) mass is 263 g/mol. The van der Waals surface area contributed by atoms with Crippen molar-refractivity contribution in [2.45, 2.75) is 6.42 Å². The van der Waals surface area contributed by atoms with Gasteiger partial charge < -0.3 is 0 Å². The minimum absolute atomic E-state index is 0.901. The van der Waals surface area contributed by atoms with Crippen LogP contribution in [-0.4, -0.2) is 12.3 Å². The quantitative estimate of drug-likeness (QED) is 0.621. The fourth-order valence-electron chi connectivity index (χ4n) is 2.71. The summed E-state index contributed by atoms with van der Waals surface area (Å²) in [5.74, 6) is 0. The van der Waals surface area contributed by atoms with E-state index in [1.165, 1.54) is 31.8 Å². The van der Waals surface area contributed by atoms with Crippen LogP contribution < -0.4 is 0 Å². The van der Waals surface area contributed by atoms with Gasteiger partial charge in [-0.05, 0) is 23.4 Å². The summed E-state index contributed by atoms with van der Waals surface area (Å²) in [7, 11) is 0. The molecule has 1 aromatic heterocycles. The van der Waals surface area contributed by atoms with E-state index in [1.54, 1.807) is 0 Å². The van der Waals surface area contributed by atoms with Crippen molar-refractivity contribution < 1.29 is 0 Å². The molecule has 19 heavy (non-hydrogen) atoms. The maximum absolute atomic E-state index is 4.76. The second-order valence-electron chi connectivity index (χ2n) is 4.75. The molecule has 92 valence electrons. The van der Waals surface area contributed by atoms with Gasteiger partial charge in [-0.3, -0.25) is 4.99 Å². The Labute approximate surface area is 116 Å². The minimum atomic E-state index is 0.901. The molecule has 0 unspecified atom stereocenters. The first-order valence-corrected chi connectivity index (χ1v) is 7.36. The molecular weight excluding hydrogens is 250 g/mol. The van der Waals surface area contributed by atoms with E-state index in [9.17, 15) is 0 Å². The molecular formula is C17H13NS. The number of rotatable bonds is 1. The first-order valence-electron chi connectivity index (χ1n) is 6.54. The predicted molar refractivity (Wildman–Crippen MR) is 82.5 cm³/mol. The third kappa shape index (κ3) is 1.71. The van der Waals surface area contributed by atoms with Gasteiger partial charge in [-0.25, -0.2) is 0 Å². The van der Waals surface area contributed by atoms with Crippen molar-refractivity contribution in [3.05, 3.63) is 70.6 Å². The third-order valence-electron chi connectivity index (χ3n) is 3.59. The second kappa shape index (κ2) is 4.32. The molecule has 1 aliphatic heterocycles. The fourth-order valence-corrected chi connectivity index (χ4v) is 3.99. The van der Waals surface area contributed by atoms with Crippen LogP contribution in [0.3, 0.4) is 0 Å². The van der Waals surface area contributed by atoms with E-state index in [1.807, 2.05) is 11.3 Å². The molecule has 1 aliphatic rings. The summed E-state index contributed by atoms with van der Waals surface area (Å²) in [6.45, 7) is 0.901. The molecule has 0 fully saturated rings. The predicted octanol–water partition coefficient (Wildman–Crippen LogP) is 4.29. The summed E-state index contributed by atoms with van der Waals surface area (Å²) < 4.78 is 1.37. The molecule has 0 spiro atoms. The Morgan fingerprint density at radius 1 is 0.895 bits per heavy atom. The molecule has 0 bridgehead atoms. The molecule has 4 rings (SSSR count). The molecule has 2 heteroatoms. The van der Waals surface area contributed by atoms with Gasteiger partial charge in [0.1, 0.15) is 0 Å². The topological polar surface area (TPSA) is 12.4 Å². The first kappa shape index (κ1) is 10.9. The van der Waals surface area contributed by atoms with Gasteiger partial charge in [0.15, 0.2) is 0 Å². The van der Waals surface area contributed by atoms with Crippen molar-refractivity contribution in [2.24, 2.45) is 4.99 Å². The lowest BCUT2D eigenvalue weighted by molar-refractivity contribution is 0.960. The van der Waals surface area contributed by atoms with E-state index in [0.717, 1.165) is 13.0 Å². The molecule has 3 aromatic rings. The number of hydrogen-bond acceptors (Lipinski definition) is 2.